The van der Waals surface area contributed by atoms with Gasteiger partial charge in [0.1, 0.15) is 0 Å². The van der Waals surface area contributed by atoms with E-state index in [-0.39, 0.29) is 15.9 Å². The molecule has 0 aromatic heterocycles. The first-order chi connectivity index (χ1) is 6.24. The van der Waals surface area contributed by atoms with Crippen molar-refractivity contribution in [3.8, 4) is 0 Å². The van der Waals surface area contributed by atoms with Gasteiger partial charge in [-0.2, -0.15) is 23.5 Å². The first-order valence-electron chi connectivity index (χ1n) is 4.22. The van der Waals surface area contributed by atoms with Crippen molar-refractivity contribution in [2.24, 2.45) is 0 Å². The van der Waals surface area contributed by atoms with E-state index in [0.717, 1.165) is 0 Å². The van der Waals surface area contributed by atoms with Crippen molar-refractivity contribution in [2.45, 2.75) is 27.7 Å². The molecule has 0 bridgehead atoms. The van der Waals surface area contributed by atoms with Crippen LogP contribution in [0.25, 0.3) is 0 Å². The quantitative estimate of drug-likeness (QED) is 0.657. The van der Waals surface area contributed by atoms with E-state index in [9.17, 15) is 0 Å². The summed E-state index contributed by atoms with van der Waals surface area (Å²) in [5, 5.41) is 0. The Kier molecular flexibility index (Phi) is 45.8. The fourth-order valence-corrected chi connectivity index (χ4v) is 1.22. The van der Waals surface area contributed by atoms with Gasteiger partial charge in [-0.1, -0.05) is 27.7 Å². The van der Waals surface area contributed by atoms with Crippen LogP contribution in [0.3, 0.4) is 0 Å². The summed E-state index contributed by atoms with van der Waals surface area (Å²) in [6.45, 7) is 8.70. The van der Waals surface area contributed by atoms with Gasteiger partial charge < -0.3 is 0 Å². The van der Waals surface area contributed by atoms with Gasteiger partial charge in [0.15, 0.2) is 0 Å². The van der Waals surface area contributed by atoms with E-state index in [1.54, 1.807) is 0 Å². The average molecular weight is 358 g/mol. The van der Waals surface area contributed by atoms with Crippen molar-refractivity contribution in [2.75, 3.05) is 23.0 Å². The zero-order valence-electron chi connectivity index (χ0n) is 8.72. The van der Waals surface area contributed by atoms with Crippen LogP contribution in [0.4, 0.5) is 0 Å². The van der Waals surface area contributed by atoms with Crippen molar-refractivity contribution >= 4 is 42.6 Å². The molecular formula is C8H20Cl2PdS2. The van der Waals surface area contributed by atoms with Crippen molar-refractivity contribution < 1.29 is 15.9 Å². The summed E-state index contributed by atoms with van der Waals surface area (Å²) in [6, 6.07) is 0. The summed E-state index contributed by atoms with van der Waals surface area (Å²) >= 11 is 3.82. The van der Waals surface area contributed by atoms with Gasteiger partial charge in [0, 0.05) is 0 Å². The molecule has 0 unspecified atom stereocenters. The second kappa shape index (κ2) is 29.2. The maximum atomic E-state index is 4.81. The van der Waals surface area contributed by atoms with E-state index < -0.39 is 0 Å². The van der Waals surface area contributed by atoms with Gasteiger partial charge in [0.05, 0.1) is 0 Å². The van der Waals surface area contributed by atoms with Gasteiger partial charge >= 0.3 is 35.0 Å². The molecule has 0 amide bonds. The Morgan fingerprint density at radius 2 is 0.923 bits per heavy atom. The predicted octanol–water partition coefficient (Wildman–Crippen LogP) is 4.90. The van der Waals surface area contributed by atoms with Crippen LogP contribution in [0.1, 0.15) is 27.7 Å². The molecule has 0 radical (unpaired) electrons. The molecule has 0 aliphatic heterocycles. The van der Waals surface area contributed by atoms with Crippen LogP contribution in [0.2, 0.25) is 0 Å². The number of hydrogen-bond donors (Lipinski definition) is 0. The summed E-state index contributed by atoms with van der Waals surface area (Å²) in [5.74, 6) is 5.04. The first-order valence-corrected chi connectivity index (χ1v) is 10.5. The molecule has 13 heavy (non-hydrogen) atoms. The molecule has 0 spiro atoms. The fourth-order valence-electron chi connectivity index (χ4n) is 0.408. The van der Waals surface area contributed by atoms with Crippen LogP contribution in [-0.2, 0) is 15.9 Å². The van der Waals surface area contributed by atoms with Gasteiger partial charge in [0.25, 0.3) is 0 Å². The van der Waals surface area contributed by atoms with Crippen LogP contribution in [0.5, 0.6) is 0 Å². The molecule has 0 aliphatic rings. The zero-order chi connectivity index (χ0) is 10.9. The molecule has 0 fully saturated rings. The summed E-state index contributed by atoms with van der Waals surface area (Å²) in [6.07, 6.45) is 0. The molecule has 0 aromatic rings. The monoisotopic (exact) mass is 356 g/mol. The Bertz CT molecular complexity index is 49.4. The molecule has 0 saturated heterocycles. The molecule has 88 valence electrons. The van der Waals surface area contributed by atoms with E-state index in [0.29, 0.717) is 0 Å². The Morgan fingerprint density at radius 3 is 0.923 bits per heavy atom. The van der Waals surface area contributed by atoms with E-state index >= 15 is 0 Å². The predicted molar refractivity (Wildman–Crippen MR) is 69.1 cm³/mol. The van der Waals surface area contributed by atoms with Gasteiger partial charge in [-0.25, -0.2) is 0 Å². The molecule has 0 nitrogen and oxygen atoms in total. The summed E-state index contributed by atoms with van der Waals surface area (Å²) < 4.78 is 0. The van der Waals surface area contributed by atoms with Gasteiger partial charge in [-0.3, -0.25) is 0 Å². The molecule has 5 heteroatoms. The van der Waals surface area contributed by atoms with Crippen LogP contribution < -0.4 is 0 Å². The number of hydrogen-bond acceptors (Lipinski definition) is 2. The van der Waals surface area contributed by atoms with Gasteiger partial charge in [-0.15, -0.1) is 0 Å². The third-order valence-corrected chi connectivity index (χ3v) is 2.45. The van der Waals surface area contributed by atoms with Crippen molar-refractivity contribution in [3.05, 3.63) is 0 Å². The maximum absolute atomic E-state index is 4.81. The zero-order valence-corrected chi connectivity index (χ0v) is 13.4. The molecule has 0 aliphatic carbocycles. The van der Waals surface area contributed by atoms with E-state index in [2.05, 4.69) is 27.7 Å². The van der Waals surface area contributed by atoms with Crippen molar-refractivity contribution in [3.63, 3.8) is 0 Å². The Labute approximate surface area is 108 Å². The van der Waals surface area contributed by atoms with Crippen LogP contribution in [0, 0.1) is 0 Å². The molecule has 0 rings (SSSR count). The Morgan fingerprint density at radius 1 is 0.769 bits per heavy atom. The molecule has 0 N–H and O–H groups in total. The number of thioether (sulfide) groups is 2. The summed E-state index contributed by atoms with van der Waals surface area (Å²) in [7, 11) is 9.63. The number of rotatable bonds is 4. The third-order valence-electron chi connectivity index (χ3n) is 0.816. The van der Waals surface area contributed by atoms with Gasteiger partial charge in [0.2, 0.25) is 0 Å². The minimum absolute atomic E-state index is 0.106. The van der Waals surface area contributed by atoms with Crippen LogP contribution in [0.15, 0.2) is 0 Å². The van der Waals surface area contributed by atoms with E-state index in [1.165, 1.54) is 23.0 Å². The average Bonchev–Trinajstić information content (AvgIpc) is 2.09. The third kappa shape index (κ3) is 56.3. The second-order valence-corrected chi connectivity index (χ2v) is 7.09. The molecule has 0 saturated carbocycles. The molecule has 0 aromatic carbocycles. The summed E-state index contributed by atoms with van der Waals surface area (Å²) in [4.78, 5) is 0. The molecule has 0 heterocycles. The first kappa shape index (κ1) is 20.4. The van der Waals surface area contributed by atoms with Crippen LogP contribution >= 0.6 is 42.6 Å². The number of halogens is 2. The van der Waals surface area contributed by atoms with Crippen molar-refractivity contribution in [1.29, 1.82) is 0 Å². The second-order valence-electron chi connectivity index (χ2n) is 1.61. The van der Waals surface area contributed by atoms with Crippen LogP contribution in [-0.4, -0.2) is 23.0 Å². The topological polar surface area (TPSA) is 0 Å². The molecular weight excluding hydrogens is 338 g/mol. The fraction of sp³-hybridized carbons (Fsp3) is 1.00. The summed E-state index contributed by atoms with van der Waals surface area (Å²) in [5.41, 5.74) is 0. The molecule has 0 atom stereocenters. The normalized spacial score (nSPS) is 8.15. The Balaban J connectivity index is -0.000000120. The SMILES string of the molecule is CCSCC.CCSCC.[Cl][Pd][Cl]. The van der Waals surface area contributed by atoms with Crippen molar-refractivity contribution in [1.82, 2.24) is 0 Å². The Hall–Kier alpha value is 1.94. The van der Waals surface area contributed by atoms with E-state index in [1.807, 2.05) is 23.5 Å². The van der Waals surface area contributed by atoms with Gasteiger partial charge in [-0.05, 0) is 23.0 Å². The minimum atomic E-state index is -0.106. The van der Waals surface area contributed by atoms with E-state index in [4.69, 9.17) is 19.1 Å². The standard InChI is InChI=1S/2C4H10S.2ClH.Pd/c2*1-3-5-4-2;;;/h2*3-4H2,1-2H3;2*1H;/q;;;;+2/p-2.